The maximum Gasteiger partial charge on any atom is 0.263 e. The largest absolute Gasteiger partial charge is 0.289 e. The average Bonchev–Trinajstić information content (AvgIpc) is 3.17. The van der Waals surface area contributed by atoms with Gasteiger partial charge in [0.1, 0.15) is 11.4 Å². The summed E-state index contributed by atoms with van der Waals surface area (Å²) in [7, 11) is 0. The van der Waals surface area contributed by atoms with Crippen LogP contribution in [-0.4, -0.2) is 21.7 Å². The highest BCUT2D eigenvalue weighted by Crippen LogP contribution is 2.30. The Morgan fingerprint density at radius 3 is 2.72 bits per heavy atom. The van der Waals surface area contributed by atoms with E-state index in [2.05, 4.69) is 15.5 Å². The number of nitrogens with one attached hydrogen (secondary N) is 1. The number of nitrogens with zero attached hydrogens (tertiary/aromatic N) is 3. The third kappa shape index (κ3) is 4.11. The second-order valence-electron chi connectivity index (χ2n) is 6.19. The fourth-order valence-corrected chi connectivity index (χ4v) is 3.95. The highest BCUT2D eigenvalue weighted by atomic mass is 35.5. The molecule has 1 N–H and O–H groups in total. The molecular formula is C21H15ClN4O2S. The Morgan fingerprint density at radius 1 is 1.17 bits per heavy atom. The lowest BCUT2D eigenvalue weighted by Crippen LogP contribution is -2.30. The van der Waals surface area contributed by atoms with E-state index in [1.807, 2.05) is 47.8 Å². The Kier molecular flexibility index (Phi) is 5.50. The summed E-state index contributed by atoms with van der Waals surface area (Å²) in [5.74, 6) is -0.437. The lowest BCUT2D eigenvalue weighted by Gasteiger charge is -2.05. The number of carbonyl (C=O) groups is 1. The predicted molar refractivity (Wildman–Crippen MR) is 117 cm³/mol. The van der Waals surface area contributed by atoms with Crippen molar-refractivity contribution in [3.05, 3.63) is 87.2 Å². The molecule has 0 bridgehead atoms. The predicted octanol–water partition coefficient (Wildman–Crippen LogP) is 3.93. The van der Waals surface area contributed by atoms with E-state index in [0.29, 0.717) is 20.8 Å². The molecule has 0 aliphatic carbocycles. The van der Waals surface area contributed by atoms with Gasteiger partial charge in [0.2, 0.25) is 0 Å². The number of fused-ring (bicyclic) bond motifs is 1. The average molecular weight is 423 g/mol. The second kappa shape index (κ2) is 8.38. The molecule has 4 rings (SSSR count). The van der Waals surface area contributed by atoms with Gasteiger partial charge in [-0.1, -0.05) is 60.1 Å². The lowest BCUT2D eigenvalue weighted by molar-refractivity contribution is -0.121. The molecule has 0 unspecified atom stereocenters. The first-order chi connectivity index (χ1) is 14.1. The highest BCUT2D eigenvalue weighted by Gasteiger charge is 2.14. The molecule has 2 heterocycles. The molecule has 0 radical (unpaired) electrons. The summed E-state index contributed by atoms with van der Waals surface area (Å²) in [6.45, 7) is -0.189. The van der Waals surface area contributed by atoms with E-state index in [4.69, 9.17) is 11.6 Å². The third-order valence-electron chi connectivity index (χ3n) is 4.26. The van der Waals surface area contributed by atoms with Gasteiger partial charge in [-0.05, 0) is 11.6 Å². The number of carbonyl (C=O) groups excluding carboxylic acids is 1. The molecule has 0 atom stereocenters. The zero-order chi connectivity index (χ0) is 20.2. The van der Waals surface area contributed by atoms with Gasteiger partial charge in [-0.2, -0.15) is 5.10 Å². The van der Waals surface area contributed by atoms with Gasteiger partial charge < -0.3 is 0 Å². The number of halogens is 1. The van der Waals surface area contributed by atoms with Gasteiger partial charge in [0.15, 0.2) is 0 Å². The van der Waals surface area contributed by atoms with Gasteiger partial charge in [-0.15, -0.1) is 11.3 Å². The van der Waals surface area contributed by atoms with Crippen LogP contribution in [0.1, 0.15) is 5.56 Å². The molecule has 2 aromatic carbocycles. The van der Waals surface area contributed by atoms with Crippen molar-refractivity contribution in [1.29, 1.82) is 0 Å². The van der Waals surface area contributed by atoms with Gasteiger partial charge in [-0.3, -0.25) is 14.2 Å². The van der Waals surface area contributed by atoms with Crippen molar-refractivity contribution < 1.29 is 4.79 Å². The molecule has 144 valence electrons. The lowest BCUT2D eigenvalue weighted by atomic mass is 10.1. The van der Waals surface area contributed by atoms with Crippen LogP contribution in [0, 0.1) is 0 Å². The molecule has 0 fully saturated rings. The van der Waals surface area contributed by atoms with Gasteiger partial charge >= 0.3 is 0 Å². The molecule has 8 heteroatoms. The molecular weight excluding hydrogens is 408 g/mol. The van der Waals surface area contributed by atoms with Crippen LogP contribution in [0.25, 0.3) is 21.3 Å². The fourth-order valence-electron chi connectivity index (χ4n) is 2.85. The molecule has 1 amide bonds. The molecule has 0 saturated heterocycles. The van der Waals surface area contributed by atoms with Crippen LogP contribution in [0.5, 0.6) is 0 Å². The zero-order valence-corrected chi connectivity index (χ0v) is 16.7. The highest BCUT2D eigenvalue weighted by molar-refractivity contribution is 7.17. The number of hydrogen-bond acceptors (Lipinski definition) is 5. The number of amides is 1. The van der Waals surface area contributed by atoms with Crippen molar-refractivity contribution in [2.45, 2.75) is 6.54 Å². The minimum Gasteiger partial charge on any atom is -0.289 e. The first-order valence-corrected chi connectivity index (χ1v) is 9.98. The van der Waals surface area contributed by atoms with Crippen molar-refractivity contribution in [3.8, 4) is 11.1 Å². The van der Waals surface area contributed by atoms with Crippen LogP contribution in [0.4, 0.5) is 0 Å². The van der Waals surface area contributed by atoms with Gasteiger partial charge in [-0.25, -0.2) is 10.4 Å². The summed E-state index contributed by atoms with van der Waals surface area (Å²) in [5, 5.41) is 6.85. The Morgan fingerprint density at radius 2 is 1.93 bits per heavy atom. The van der Waals surface area contributed by atoms with E-state index in [1.54, 1.807) is 12.1 Å². The molecule has 0 spiro atoms. The number of aromatic nitrogens is 2. The van der Waals surface area contributed by atoms with Crippen LogP contribution in [0.2, 0.25) is 5.02 Å². The topological polar surface area (TPSA) is 76.3 Å². The normalized spacial score (nSPS) is 11.2. The summed E-state index contributed by atoms with van der Waals surface area (Å²) >= 11 is 7.45. The smallest absolute Gasteiger partial charge is 0.263 e. The Balaban J connectivity index is 1.55. The van der Waals surface area contributed by atoms with Crippen LogP contribution < -0.4 is 11.0 Å². The van der Waals surface area contributed by atoms with E-state index >= 15 is 0 Å². The van der Waals surface area contributed by atoms with Crippen molar-refractivity contribution in [2.24, 2.45) is 5.10 Å². The van der Waals surface area contributed by atoms with E-state index in [0.717, 1.165) is 11.1 Å². The maximum absolute atomic E-state index is 13.0. The van der Waals surface area contributed by atoms with Crippen LogP contribution in [0.15, 0.2) is 76.2 Å². The quantitative estimate of drug-likeness (QED) is 0.391. The van der Waals surface area contributed by atoms with Crippen LogP contribution in [0.3, 0.4) is 0 Å². The summed E-state index contributed by atoms with van der Waals surface area (Å²) in [6, 6.07) is 16.8. The molecule has 6 nitrogen and oxygen atoms in total. The molecule has 0 saturated carbocycles. The van der Waals surface area contributed by atoms with Gasteiger partial charge in [0.25, 0.3) is 11.5 Å². The number of benzene rings is 2. The summed E-state index contributed by atoms with van der Waals surface area (Å²) < 4.78 is 1.28. The van der Waals surface area contributed by atoms with E-state index in [1.165, 1.54) is 28.4 Å². The Labute approximate surface area is 175 Å². The monoisotopic (exact) mass is 422 g/mol. The molecule has 0 aliphatic heterocycles. The van der Waals surface area contributed by atoms with Crippen LogP contribution in [-0.2, 0) is 11.3 Å². The minimum atomic E-state index is -0.437. The summed E-state index contributed by atoms with van der Waals surface area (Å²) in [6.07, 6.45) is 2.84. The Bertz CT molecular complexity index is 1260. The number of rotatable bonds is 5. The van der Waals surface area contributed by atoms with Crippen molar-refractivity contribution in [1.82, 2.24) is 15.0 Å². The maximum atomic E-state index is 13.0. The standard InChI is InChI=1S/C21H15ClN4O2S/c22-17-9-5-4-8-15(17)10-24-25-18(27)11-26-13-23-20-19(21(26)28)16(12-29-20)14-6-2-1-3-7-14/h1-10,12-13H,11H2,(H,25,27)/b24-10-. The van der Waals surface area contributed by atoms with Crippen LogP contribution >= 0.6 is 22.9 Å². The first-order valence-electron chi connectivity index (χ1n) is 8.72. The summed E-state index contributed by atoms with van der Waals surface area (Å²) in [4.78, 5) is 30.1. The molecule has 0 aliphatic rings. The third-order valence-corrected chi connectivity index (χ3v) is 5.49. The van der Waals surface area contributed by atoms with E-state index < -0.39 is 5.91 Å². The van der Waals surface area contributed by atoms with Gasteiger partial charge in [0, 0.05) is 21.5 Å². The van der Waals surface area contributed by atoms with Crippen molar-refractivity contribution in [2.75, 3.05) is 0 Å². The molecule has 29 heavy (non-hydrogen) atoms. The van der Waals surface area contributed by atoms with E-state index in [9.17, 15) is 9.59 Å². The Hall–Kier alpha value is -3.29. The molecule has 2 aromatic heterocycles. The SMILES string of the molecule is O=C(Cn1cnc2scc(-c3ccccc3)c2c1=O)N/N=C\c1ccccc1Cl. The fraction of sp³-hybridized carbons (Fsp3) is 0.0476. The molecule has 4 aromatic rings. The zero-order valence-electron chi connectivity index (χ0n) is 15.1. The van der Waals surface area contributed by atoms with Crippen molar-refractivity contribution >= 4 is 45.3 Å². The van der Waals surface area contributed by atoms with Crippen molar-refractivity contribution in [3.63, 3.8) is 0 Å². The minimum absolute atomic E-state index is 0.189. The van der Waals surface area contributed by atoms with Gasteiger partial charge in [0.05, 0.1) is 17.9 Å². The first kappa shape index (κ1) is 19.0. The second-order valence-corrected chi connectivity index (χ2v) is 7.45. The number of hydrogen-bond donors (Lipinski definition) is 1. The number of hydrazone groups is 1. The van der Waals surface area contributed by atoms with E-state index in [-0.39, 0.29) is 12.1 Å². The summed E-state index contributed by atoms with van der Waals surface area (Å²) in [5.41, 5.74) is 4.58. The number of thiophene rings is 1.